The first-order valence-corrected chi connectivity index (χ1v) is 9.71. The predicted molar refractivity (Wildman–Crippen MR) is 99.6 cm³/mol. The number of fused-ring (bicyclic) bond motifs is 2. The van der Waals surface area contributed by atoms with E-state index < -0.39 is 12.0 Å². The first-order chi connectivity index (χ1) is 13.5. The van der Waals surface area contributed by atoms with Crippen LogP contribution in [-0.4, -0.2) is 37.9 Å². The van der Waals surface area contributed by atoms with Crippen molar-refractivity contribution in [2.24, 2.45) is 0 Å². The van der Waals surface area contributed by atoms with E-state index >= 15 is 0 Å². The van der Waals surface area contributed by atoms with Crippen LogP contribution >= 0.6 is 11.3 Å². The van der Waals surface area contributed by atoms with Gasteiger partial charge in [0, 0.05) is 19.0 Å². The minimum absolute atomic E-state index is 0.0837. The second-order valence-electron chi connectivity index (χ2n) is 6.76. The molecule has 0 N–H and O–H groups in total. The topological polar surface area (TPSA) is 59.2 Å². The van der Waals surface area contributed by atoms with E-state index in [9.17, 15) is 13.2 Å². The number of hydrogen-bond donors (Lipinski definition) is 0. The number of rotatable bonds is 2. The smallest absolute Gasteiger partial charge is 0.355 e. The lowest BCUT2D eigenvalue weighted by Gasteiger charge is -2.31. The molecular weight excluding hydrogens is 389 g/mol. The number of thiazole rings is 1. The summed E-state index contributed by atoms with van der Waals surface area (Å²) in [6.45, 7) is 1.42. The monoisotopic (exact) mass is 404 g/mol. The Morgan fingerprint density at radius 2 is 1.79 bits per heavy atom. The van der Waals surface area contributed by atoms with Crippen molar-refractivity contribution in [3.63, 3.8) is 0 Å². The van der Waals surface area contributed by atoms with Crippen molar-refractivity contribution < 1.29 is 13.2 Å². The van der Waals surface area contributed by atoms with Crippen LogP contribution in [0.1, 0.15) is 29.6 Å². The molecular formula is C18H15F3N6S. The average molecular weight is 404 g/mol. The summed E-state index contributed by atoms with van der Waals surface area (Å²) in [6.07, 6.45) is -2.83. The molecule has 0 radical (unpaired) electrons. The molecule has 1 aliphatic heterocycles. The Balaban J connectivity index is 1.36. The number of hydrogen-bond acceptors (Lipinski definition) is 6. The molecule has 0 unspecified atom stereocenters. The van der Waals surface area contributed by atoms with Crippen molar-refractivity contribution in [2.45, 2.75) is 24.9 Å². The van der Waals surface area contributed by atoms with Crippen LogP contribution in [0.25, 0.3) is 15.9 Å². The lowest BCUT2D eigenvalue weighted by Crippen LogP contribution is -2.33. The van der Waals surface area contributed by atoms with Crippen molar-refractivity contribution in [1.29, 1.82) is 0 Å². The molecule has 0 spiro atoms. The summed E-state index contributed by atoms with van der Waals surface area (Å²) in [6, 6.07) is 11.3. The van der Waals surface area contributed by atoms with Crippen LogP contribution in [0.4, 0.5) is 19.0 Å². The highest BCUT2D eigenvalue weighted by Gasteiger charge is 2.38. The molecule has 144 valence electrons. The summed E-state index contributed by atoms with van der Waals surface area (Å²) in [5, 5.41) is 12.0. The molecule has 1 aromatic carbocycles. The zero-order chi connectivity index (χ0) is 19.3. The third-order valence-electron chi connectivity index (χ3n) is 4.98. The molecule has 0 bridgehead atoms. The van der Waals surface area contributed by atoms with Gasteiger partial charge in [-0.15, -0.1) is 26.6 Å². The highest BCUT2D eigenvalue weighted by molar-refractivity contribution is 7.18. The van der Waals surface area contributed by atoms with Gasteiger partial charge in [0.05, 0.1) is 15.2 Å². The summed E-state index contributed by atoms with van der Waals surface area (Å²) in [5.41, 5.74) is 1.10. The van der Waals surface area contributed by atoms with Crippen LogP contribution in [0.3, 0.4) is 0 Å². The number of anilines is 1. The van der Waals surface area contributed by atoms with E-state index in [4.69, 9.17) is 4.98 Å². The molecule has 1 aliphatic rings. The Bertz CT molecular complexity index is 1110. The fourth-order valence-electron chi connectivity index (χ4n) is 3.54. The zero-order valence-electron chi connectivity index (χ0n) is 14.6. The van der Waals surface area contributed by atoms with Gasteiger partial charge < -0.3 is 4.90 Å². The van der Waals surface area contributed by atoms with E-state index in [0.717, 1.165) is 27.9 Å². The van der Waals surface area contributed by atoms with Gasteiger partial charge >= 0.3 is 6.18 Å². The number of nitrogens with zero attached hydrogens (tertiary/aromatic N) is 6. The average Bonchev–Trinajstić information content (AvgIpc) is 3.31. The fraction of sp³-hybridized carbons (Fsp3) is 0.333. The Hall–Kier alpha value is -2.75. The van der Waals surface area contributed by atoms with Gasteiger partial charge in [-0.3, -0.25) is 0 Å². The molecule has 4 heterocycles. The molecule has 4 aromatic rings. The summed E-state index contributed by atoms with van der Waals surface area (Å²) in [4.78, 5) is 6.75. The summed E-state index contributed by atoms with van der Waals surface area (Å²) in [5.74, 6) is -0.243. The van der Waals surface area contributed by atoms with E-state index in [-0.39, 0.29) is 5.65 Å². The highest BCUT2D eigenvalue weighted by Crippen LogP contribution is 2.35. The lowest BCUT2D eigenvalue weighted by atomic mass is 9.97. The number of alkyl halides is 3. The van der Waals surface area contributed by atoms with Crippen molar-refractivity contribution in [3.8, 4) is 0 Å². The molecule has 0 aliphatic carbocycles. The quantitative estimate of drug-likeness (QED) is 0.503. The molecule has 5 rings (SSSR count). The predicted octanol–water partition coefficient (Wildman–Crippen LogP) is 4.14. The minimum Gasteiger partial charge on any atom is -0.355 e. The van der Waals surface area contributed by atoms with Crippen molar-refractivity contribution >= 4 is 33.0 Å². The zero-order valence-corrected chi connectivity index (χ0v) is 15.4. The van der Waals surface area contributed by atoms with E-state index in [1.807, 2.05) is 23.1 Å². The summed E-state index contributed by atoms with van der Waals surface area (Å²) >= 11 is 1.72. The largest absolute Gasteiger partial charge is 0.453 e. The maximum Gasteiger partial charge on any atom is 0.453 e. The van der Waals surface area contributed by atoms with Crippen LogP contribution < -0.4 is 4.90 Å². The molecule has 3 aromatic heterocycles. The van der Waals surface area contributed by atoms with Gasteiger partial charge in [0.1, 0.15) is 5.82 Å². The molecule has 0 amide bonds. The number of piperidine rings is 1. The molecule has 28 heavy (non-hydrogen) atoms. The molecule has 10 heteroatoms. The van der Waals surface area contributed by atoms with Gasteiger partial charge in [0.15, 0.2) is 5.65 Å². The van der Waals surface area contributed by atoms with Gasteiger partial charge in [-0.2, -0.15) is 17.7 Å². The Morgan fingerprint density at radius 3 is 2.54 bits per heavy atom. The van der Waals surface area contributed by atoms with Crippen molar-refractivity contribution in [2.75, 3.05) is 18.0 Å². The molecule has 1 fully saturated rings. The third kappa shape index (κ3) is 2.97. The number of halogens is 3. The minimum atomic E-state index is -4.59. The van der Waals surface area contributed by atoms with Crippen LogP contribution in [0, 0.1) is 0 Å². The van der Waals surface area contributed by atoms with Crippen LogP contribution in [-0.2, 0) is 6.18 Å². The Morgan fingerprint density at radius 1 is 1.00 bits per heavy atom. The first kappa shape index (κ1) is 17.4. The van der Waals surface area contributed by atoms with Crippen molar-refractivity contribution in [3.05, 3.63) is 47.2 Å². The Kier molecular flexibility index (Phi) is 3.97. The number of benzene rings is 1. The summed E-state index contributed by atoms with van der Waals surface area (Å²) in [7, 11) is 0. The highest BCUT2D eigenvalue weighted by atomic mass is 32.1. The third-order valence-corrected chi connectivity index (χ3v) is 6.18. The van der Waals surface area contributed by atoms with Crippen molar-refractivity contribution in [1.82, 2.24) is 24.8 Å². The van der Waals surface area contributed by atoms with Crippen LogP contribution in [0.15, 0.2) is 36.4 Å². The molecule has 0 atom stereocenters. The van der Waals surface area contributed by atoms with E-state index in [2.05, 4.69) is 21.4 Å². The first-order valence-electron chi connectivity index (χ1n) is 8.89. The normalized spacial score (nSPS) is 16.3. The maximum absolute atomic E-state index is 13.1. The van der Waals surface area contributed by atoms with Crippen LogP contribution in [0.5, 0.6) is 0 Å². The fourth-order valence-corrected chi connectivity index (χ4v) is 4.68. The van der Waals surface area contributed by atoms with Gasteiger partial charge in [-0.25, -0.2) is 4.98 Å². The second kappa shape index (κ2) is 6.40. The van der Waals surface area contributed by atoms with Crippen LogP contribution in [0.2, 0.25) is 0 Å². The van der Waals surface area contributed by atoms with Gasteiger partial charge in [-0.1, -0.05) is 12.1 Å². The number of aromatic nitrogens is 5. The van der Waals surface area contributed by atoms with E-state index in [1.165, 1.54) is 10.8 Å². The second-order valence-corrected chi connectivity index (χ2v) is 7.83. The lowest BCUT2D eigenvalue weighted by molar-refractivity contribution is -0.146. The SMILES string of the molecule is FC(F)(F)c1nnc2ccc(N3CCC(c4nc5ccccc5s4)CC3)nn12. The molecule has 6 nitrogen and oxygen atoms in total. The number of para-hydroxylation sites is 1. The Labute approximate surface area is 161 Å². The molecule has 0 saturated carbocycles. The van der Waals surface area contributed by atoms with Gasteiger partial charge in [0.2, 0.25) is 0 Å². The maximum atomic E-state index is 13.1. The van der Waals surface area contributed by atoms with Gasteiger partial charge in [-0.05, 0) is 37.1 Å². The van der Waals surface area contributed by atoms with Gasteiger partial charge in [0.25, 0.3) is 5.82 Å². The summed E-state index contributed by atoms with van der Waals surface area (Å²) < 4.78 is 41.2. The standard InChI is InChI=1S/C18H15F3N6S/c19-18(20,21)17-24-23-14-5-6-15(25-27(14)17)26-9-7-11(8-10-26)16-22-12-3-1-2-4-13(12)28-16/h1-6,11H,7-10H2. The van der Waals surface area contributed by atoms with E-state index in [1.54, 1.807) is 17.4 Å². The van der Waals surface area contributed by atoms with E-state index in [0.29, 0.717) is 24.8 Å². The molecule has 1 saturated heterocycles.